The molecule has 0 saturated carbocycles. The number of benzene rings is 1. The van der Waals surface area contributed by atoms with E-state index in [1.165, 1.54) is 6.92 Å². The molecular formula is C9H11NO2S. The lowest BCUT2D eigenvalue weighted by atomic mass is 10.2. The van der Waals surface area contributed by atoms with Crippen molar-refractivity contribution in [2.24, 2.45) is 0 Å². The number of carbonyl (C=O) groups excluding carboxylic acids is 1. The maximum Gasteiger partial charge on any atom is 0.159 e. The Hall–Kier alpha value is -1.00. The van der Waals surface area contributed by atoms with Gasteiger partial charge in [-0.3, -0.25) is 4.79 Å². The van der Waals surface area contributed by atoms with E-state index in [0.717, 1.165) is 0 Å². The maximum atomic E-state index is 11.3. The Morgan fingerprint density at radius 3 is 2.69 bits per heavy atom. The second kappa shape index (κ2) is 4.30. The topological polar surface area (TPSA) is 46.2 Å². The van der Waals surface area contributed by atoms with E-state index in [-0.39, 0.29) is 5.78 Å². The van der Waals surface area contributed by atoms with Crippen LogP contribution in [0.15, 0.2) is 29.2 Å². The zero-order valence-electron chi connectivity index (χ0n) is 7.53. The van der Waals surface area contributed by atoms with Crippen molar-refractivity contribution in [3.8, 4) is 0 Å². The minimum atomic E-state index is -1.22. The number of rotatable bonds is 3. The summed E-state index contributed by atoms with van der Waals surface area (Å²) in [6.07, 6.45) is 0. The lowest BCUT2D eigenvalue weighted by Crippen LogP contribution is -2.10. The Kier molecular flexibility index (Phi) is 3.33. The van der Waals surface area contributed by atoms with Crippen LogP contribution in [0.5, 0.6) is 0 Å². The van der Waals surface area contributed by atoms with Crippen LogP contribution in [0.3, 0.4) is 0 Å². The normalized spacial score (nSPS) is 12.5. The van der Waals surface area contributed by atoms with Gasteiger partial charge in [-0.15, -0.1) is 0 Å². The van der Waals surface area contributed by atoms with Crippen LogP contribution in [-0.4, -0.2) is 17.0 Å². The molecule has 1 aromatic carbocycles. The minimum absolute atomic E-state index is 0.0186. The van der Waals surface area contributed by atoms with Crippen LogP contribution >= 0.6 is 0 Å². The Morgan fingerprint density at radius 1 is 1.46 bits per heavy atom. The number of hydrogen-bond acceptors (Lipinski definition) is 2. The third-order valence-electron chi connectivity index (χ3n) is 1.64. The summed E-state index contributed by atoms with van der Waals surface area (Å²) >= 11 is 0. The van der Waals surface area contributed by atoms with Crippen molar-refractivity contribution in [3.63, 3.8) is 0 Å². The molecule has 3 nitrogen and oxygen atoms in total. The average Bonchev–Trinajstić information content (AvgIpc) is 2.17. The second-order valence-electron chi connectivity index (χ2n) is 2.56. The van der Waals surface area contributed by atoms with E-state index in [2.05, 4.69) is 4.72 Å². The molecule has 0 aliphatic rings. The van der Waals surface area contributed by atoms with Crippen LogP contribution in [0, 0.1) is 0 Å². The molecule has 1 N–H and O–H groups in total. The first-order valence-corrected chi connectivity index (χ1v) is 5.00. The van der Waals surface area contributed by atoms with Gasteiger partial charge in [0.15, 0.2) is 5.78 Å². The van der Waals surface area contributed by atoms with E-state index in [0.29, 0.717) is 10.5 Å². The van der Waals surface area contributed by atoms with Gasteiger partial charge >= 0.3 is 0 Å². The third kappa shape index (κ3) is 2.47. The van der Waals surface area contributed by atoms with Crippen molar-refractivity contribution < 1.29 is 9.00 Å². The van der Waals surface area contributed by atoms with Crippen LogP contribution in [0.2, 0.25) is 0 Å². The van der Waals surface area contributed by atoms with Gasteiger partial charge < -0.3 is 0 Å². The highest BCUT2D eigenvalue weighted by Crippen LogP contribution is 2.08. The zero-order chi connectivity index (χ0) is 9.84. The minimum Gasteiger partial charge on any atom is -0.295 e. The molecule has 0 amide bonds. The van der Waals surface area contributed by atoms with Gasteiger partial charge in [-0.2, -0.15) is 0 Å². The van der Waals surface area contributed by atoms with E-state index in [1.807, 2.05) is 0 Å². The number of nitrogens with one attached hydrogen (secondary N) is 1. The number of hydrogen-bond donors (Lipinski definition) is 1. The molecule has 0 fully saturated rings. The number of ketones is 1. The molecular weight excluding hydrogens is 186 g/mol. The fourth-order valence-electron chi connectivity index (χ4n) is 0.948. The van der Waals surface area contributed by atoms with Gasteiger partial charge in [0.25, 0.3) is 0 Å². The Balaban J connectivity index is 3.05. The van der Waals surface area contributed by atoms with E-state index in [4.69, 9.17) is 0 Å². The van der Waals surface area contributed by atoms with Gasteiger partial charge in [-0.1, -0.05) is 12.1 Å². The Morgan fingerprint density at radius 2 is 2.15 bits per heavy atom. The maximum absolute atomic E-state index is 11.3. The smallest absolute Gasteiger partial charge is 0.159 e. The molecule has 0 radical (unpaired) electrons. The molecule has 70 valence electrons. The van der Waals surface area contributed by atoms with Crippen molar-refractivity contribution in [1.29, 1.82) is 0 Å². The summed E-state index contributed by atoms with van der Waals surface area (Å²) in [7, 11) is 0.388. The van der Waals surface area contributed by atoms with Crippen molar-refractivity contribution in [2.75, 3.05) is 7.05 Å². The quantitative estimate of drug-likeness (QED) is 0.738. The van der Waals surface area contributed by atoms with Crippen molar-refractivity contribution in [1.82, 2.24) is 4.72 Å². The summed E-state index contributed by atoms with van der Waals surface area (Å²) in [4.78, 5) is 11.6. The standard InChI is InChI=1S/C9H11NO2S/c1-7(11)8-4-3-5-9(6-8)13(12)10-2/h3-6,10H,1-2H3. The molecule has 0 aliphatic heterocycles. The average molecular weight is 197 g/mol. The summed E-state index contributed by atoms with van der Waals surface area (Å²) in [5, 5.41) is 0. The van der Waals surface area contributed by atoms with E-state index in [9.17, 15) is 9.00 Å². The van der Waals surface area contributed by atoms with Crippen LogP contribution < -0.4 is 4.72 Å². The number of carbonyl (C=O) groups is 1. The Labute approximate surface area is 79.7 Å². The summed E-state index contributed by atoms with van der Waals surface area (Å²) < 4.78 is 13.9. The number of Topliss-reactive ketones (excluding diaryl/α,β-unsaturated/α-hetero) is 1. The summed E-state index contributed by atoms with van der Waals surface area (Å²) in [5.41, 5.74) is 0.584. The molecule has 0 saturated heterocycles. The summed E-state index contributed by atoms with van der Waals surface area (Å²) in [5.74, 6) is -0.0186. The van der Waals surface area contributed by atoms with E-state index < -0.39 is 11.0 Å². The molecule has 0 heterocycles. The van der Waals surface area contributed by atoms with Crippen LogP contribution in [0.4, 0.5) is 0 Å². The van der Waals surface area contributed by atoms with E-state index in [1.54, 1.807) is 31.3 Å². The van der Waals surface area contributed by atoms with Gasteiger partial charge in [-0.05, 0) is 26.1 Å². The second-order valence-corrected chi connectivity index (χ2v) is 3.97. The molecule has 0 aliphatic carbocycles. The molecule has 1 rings (SSSR count). The van der Waals surface area contributed by atoms with Crippen LogP contribution in [0.25, 0.3) is 0 Å². The molecule has 0 aromatic heterocycles. The first kappa shape index (κ1) is 10.1. The highest BCUT2D eigenvalue weighted by atomic mass is 32.2. The van der Waals surface area contributed by atoms with E-state index >= 15 is 0 Å². The lowest BCUT2D eigenvalue weighted by molar-refractivity contribution is 0.101. The zero-order valence-corrected chi connectivity index (χ0v) is 8.35. The lowest BCUT2D eigenvalue weighted by Gasteiger charge is -2.01. The summed E-state index contributed by atoms with van der Waals surface area (Å²) in [6, 6.07) is 6.79. The monoisotopic (exact) mass is 197 g/mol. The SMILES string of the molecule is CNS(=O)c1cccc(C(C)=O)c1. The van der Waals surface area contributed by atoms with Gasteiger partial charge in [-0.25, -0.2) is 8.93 Å². The van der Waals surface area contributed by atoms with Gasteiger partial charge in [0.1, 0.15) is 11.0 Å². The predicted molar refractivity (Wildman–Crippen MR) is 51.9 cm³/mol. The molecule has 4 heteroatoms. The molecule has 1 aromatic rings. The predicted octanol–water partition coefficient (Wildman–Crippen LogP) is 1.13. The molecule has 0 bridgehead atoms. The van der Waals surface area contributed by atoms with Gasteiger partial charge in [0.2, 0.25) is 0 Å². The molecule has 0 spiro atoms. The van der Waals surface area contributed by atoms with Gasteiger partial charge in [0.05, 0.1) is 4.90 Å². The summed E-state index contributed by atoms with van der Waals surface area (Å²) in [6.45, 7) is 1.49. The molecule has 13 heavy (non-hydrogen) atoms. The van der Waals surface area contributed by atoms with Crippen molar-refractivity contribution >= 4 is 16.8 Å². The van der Waals surface area contributed by atoms with Crippen molar-refractivity contribution in [2.45, 2.75) is 11.8 Å². The van der Waals surface area contributed by atoms with Gasteiger partial charge in [0, 0.05) is 5.56 Å². The Bertz CT molecular complexity index is 349. The third-order valence-corrected chi connectivity index (χ3v) is 2.69. The molecule has 1 atom stereocenters. The van der Waals surface area contributed by atoms with Crippen molar-refractivity contribution in [3.05, 3.63) is 29.8 Å². The first-order chi connectivity index (χ1) is 6.15. The fourth-order valence-corrected chi connectivity index (χ4v) is 1.62. The largest absolute Gasteiger partial charge is 0.295 e. The highest BCUT2D eigenvalue weighted by molar-refractivity contribution is 7.83. The highest BCUT2D eigenvalue weighted by Gasteiger charge is 2.04. The van der Waals surface area contributed by atoms with Crippen LogP contribution in [0.1, 0.15) is 17.3 Å². The molecule has 1 unspecified atom stereocenters. The fraction of sp³-hybridized carbons (Fsp3) is 0.222. The van der Waals surface area contributed by atoms with Crippen LogP contribution in [-0.2, 0) is 11.0 Å². The first-order valence-electron chi connectivity index (χ1n) is 3.85.